The Morgan fingerprint density at radius 2 is 1.62 bits per heavy atom. The Kier molecular flexibility index (Phi) is 2.91. The van der Waals surface area contributed by atoms with Crippen molar-refractivity contribution in [1.29, 1.82) is 0 Å². The molecule has 2 fully saturated rings. The molecule has 90 valence electrons. The quantitative estimate of drug-likeness (QED) is 0.507. The first kappa shape index (κ1) is 11.4. The number of hydrogen-bond donors (Lipinski definition) is 0. The van der Waals surface area contributed by atoms with Crippen LogP contribution in [0.15, 0.2) is 0 Å². The maximum absolute atomic E-state index is 11.2. The molecular weight excluding hydrogens is 208 g/mol. The van der Waals surface area contributed by atoms with Gasteiger partial charge in [0.1, 0.15) is 6.42 Å². The van der Waals surface area contributed by atoms with Gasteiger partial charge < -0.3 is 9.47 Å². The van der Waals surface area contributed by atoms with E-state index in [4.69, 9.17) is 9.47 Å². The molecule has 2 aliphatic rings. The molecule has 0 unspecified atom stereocenters. The van der Waals surface area contributed by atoms with Crippen molar-refractivity contribution in [2.24, 2.45) is 11.8 Å². The summed E-state index contributed by atoms with van der Waals surface area (Å²) >= 11 is 0. The molecule has 0 aromatic carbocycles. The van der Waals surface area contributed by atoms with E-state index in [-0.39, 0.29) is 6.42 Å². The average Bonchev–Trinajstić information content (AvgIpc) is 2.16. The van der Waals surface area contributed by atoms with Gasteiger partial charge in [0.25, 0.3) is 5.79 Å². The second-order valence-electron chi connectivity index (χ2n) is 5.12. The topological polar surface area (TPSA) is 52.6 Å². The van der Waals surface area contributed by atoms with Gasteiger partial charge in [-0.2, -0.15) is 0 Å². The van der Waals surface area contributed by atoms with Crippen molar-refractivity contribution < 1.29 is 19.1 Å². The van der Waals surface area contributed by atoms with Gasteiger partial charge in [0.15, 0.2) is 0 Å². The molecule has 4 heteroatoms. The predicted octanol–water partition coefficient (Wildman–Crippen LogP) is 2.02. The molecule has 4 nitrogen and oxygen atoms in total. The summed E-state index contributed by atoms with van der Waals surface area (Å²) in [7, 11) is 0. The van der Waals surface area contributed by atoms with Crippen LogP contribution < -0.4 is 0 Å². The highest BCUT2D eigenvalue weighted by Crippen LogP contribution is 2.40. The van der Waals surface area contributed by atoms with E-state index in [2.05, 4.69) is 13.8 Å². The van der Waals surface area contributed by atoms with Gasteiger partial charge in [-0.25, -0.2) is 0 Å². The Balaban J connectivity index is 2.00. The third-order valence-electron chi connectivity index (χ3n) is 3.62. The molecule has 2 rings (SSSR count). The zero-order valence-electron chi connectivity index (χ0n) is 9.82. The van der Waals surface area contributed by atoms with Gasteiger partial charge in [0, 0.05) is 12.8 Å². The number of ether oxygens (including phenoxy) is 2. The first-order chi connectivity index (χ1) is 7.51. The number of rotatable bonds is 1. The van der Waals surface area contributed by atoms with Crippen molar-refractivity contribution in [2.75, 3.05) is 0 Å². The van der Waals surface area contributed by atoms with E-state index >= 15 is 0 Å². The fourth-order valence-electron chi connectivity index (χ4n) is 2.58. The molecule has 1 aliphatic carbocycles. The lowest BCUT2D eigenvalue weighted by Gasteiger charge is -2.41. The maximum Gasteiger partial charge on any atom is 0.320 e. The Morgan fingerprint density at radius 1 is 1.12 bits per heavy atom. The number of hydrogen-bond acceptors (Lipinski definition) is 4. The van der Waals surface area contributed by atoms with Crippen molar-refractivity contribution in [2.45, 2.75) is 51.7 Å². The van der Waals surface area contributed by atoms with Crippen molar-refractivity contribution >= 4 is 11.9 Å². The normalized spacial score (nSPS) is 25.7. The molecule has 0 amide bonds. The predicted molar refractivity (Wildman–Crippen MR) is 56.3 cm³/mol. The SMILES string of the molecule is CC(C)C1CCC2(CC1)OC(=O)CC(=O)O2. The van der Waals surface area contributed by atoms with Gasteiger partial charge >= 0.3 is 11.9 Å². The number of esters is 2. The van der Waals surface area contributed by atoms with E-state index < -0.39 is 17.7 Å². The van der Waals surface area contributed by atoms with Crippen LogP contribution in [0.25, 0.3) is 0 Å². The minimum atomic E-state index is -0.933. The van der Waals surface area contributed by atoms with Crippen molar-refractivity contribution in [3.63, 3.8) is 0 Å². The summed E-state index contributed by atoms with van der Waals surface area (Å²) in [5.74, 6) is -0.548. The van der Waals surface area contributed by atoms with Gasteiger partial charge in [0.05, 0.1) is 0 Å². The summed E-state index contributed by atoms with van der Waals surface area (Å²) in [6, 6.07) is 0. The Hall–Kier alpha value is -1.06. The molecule has 0 N–H and O–H groups in total. The first-order valence-corrected chi connectivity index (χ1v) is 5.94. The van der Waals surface area contributed by atoms with Gasteiger partial charge in [-0.3, -0.25) is 9.59 Å². The van der Waals surface area contributed by atoms with E-state index in [0.717, 1.165) is 12.8 Å². The lowest BCUT2D eigenvalue weighted by molar-refractivity contribution is -0.255. The van der Waals surface area contributed by atoms with Crippen LogP contribution in [-0.2, 0) is 19.1 Å². The third-order valence-corrected chi connectivity index (χ3v) is 3.62. The lowest BCUT2D eigenvalue weighted by atomic mass is 9.79. The number of carbonyl (C=O) groups is 2. The van der Waals surface area contributed by atoms with Crippen molar-refractivity contribution in [1.82, 2.24) is 0 Å². The highest BCUT2D eigenvalue weighted by molar-refractivity contribution is 5.93. The zero-order valence-corrected chi connectivity index (χ0v) is 9.82. The summed E-state index contributed by atoms with van der Waals surface area (Å²) in [6.07, 6.45) is 2.96. The van der Waals surface area contributed by atoms with Crippen molar-refractivity contribution in [3.8, 4) is 0 Å². The van der Waals surface area contributed by atoms with Gasteiger partial charge in [0.2, 0.25) is 0 Å². The molecule has 0 aromatic rings. The first-order valence-electron chi connectivity index (χ1n) is 5.94. The average molecular weight is 226 g/mol. The summed E-state index contributed by atoms with van der Waals surface area (Å²) in [5.41, 5.74) is 0. The molecule has 1 saturated heterocycles. The standard InChI is InChI=1S/C12H18O4/c1-8(2)9-3-5-12(6-4-9)15-10(13)7-11(14)16-12/h8-9H,3-7H2,1-2H3. The van der Waals surface area contributed by atoms with Crippen LogP contribution in [0.2, 0.25) is 0 Å². The largest absolute Gasteiger partial charge is 0.422 e. The Bertz CT molecular complexity index is 282. The van der Waals surface area contributed by atoms with Crippen LogP contribution in [0.3, 0.4) is 0 Å². The van der Waals surface area contributed by atoms with Crippen LogP contribution in [0.5, 0.6) is 0 Å². The Labute approximate surface area is 95.3 Å². The van der Waals surface area contributed by atoms with Gasteiger partial charge in [-0.15, -0.1) is 0 Å². The fourth-order valence-corrected chi connectivity index (χ4v) is 2.58. The highest BCUT2D eigenvalue weighted by atomic mass is 16.7. The van der Waals surface area contributed by atoms with Crippen LogP contribution in [0.4, 0.5) is 0 Å². The third kappa shape index (κ3) is 2.20. The van der Waals surface area contributed by atoms with Crippen LogP contribution in [-0.4, -0.2) is 17.7 Å². The van der Waals surface area contributed by atoms with E-state index in [0.29, 0.717) is 24.7 Å². The molecular formula is C12H18O4. The molecule has 1 heterocycles. The lowest BCUT2D eigenvalue weighted by Crippen LogP contribution is -2.47. The summed E-state index contributed by atoms with van der Waals surface area (Å²) < 4.78 is 10.5. The minimum Gasteiger partial charge on any atom is -0.422 e. The second kappa shape index (κ2) is 4.07. The number of carbonyl (C=O) groups excluding carboxylic acids is 2. The van der Waals surface area contributed by atoms with Crippen LogP contribution in [0, 0.1) is 11.8 Å². The maximum atomic E-state index is 11.2. The molecule has 16 heavy (non-hydrogen) atoms. The van der Waals surface area contributed by atoms with E-state index in [1.165, 1.54) is 0 Å². The van der Waals surface area contributed by atoms with Gasteiger partial charge in [-0.05, 0) is 24.7 Å². The molecule has 0 aromatic heterocycles. The molecule has 1 spiro atoms. The molecule has 0 atom stereocenters. The summed E-state index contributed by atoms with van der Waals surface area (Å²) in [4.78, 5) is 22.5. The van der Waals surface area contributed by atoms with E-state index in [1.807, 2.05) is 0 Å². The second-order valence-corrected chi connectivity index (χ2v) is 5.12. The van der Waals surface area contributed by atoms with E-state index in [1.54, 1.807) is 0 Å². The van der Waals surface area contributed by atoms with Gasteiger partial charge in [-0.1, -0.05) is 13.8 Å². The fraction of sp³-hybridized carbons (Fsp3) is 0.833. The summed E-state index contributed by atoms with van der Waals surface area (Å²) in [6.45, 7) is 4.39. The molecule has 1 aliphatic heterocycles. The minimum absolute atomic E-state index is 0.241. The van der Waals surface area contributed by atoms with Crippen LogP contribution >= 0.6 is 0 Å². The molecule has 1 saturated carbocycles. The monoisotopic (exact) mass is 226 g/mol. The van der Waals surface area contributed by atoms with Crippen LogP contribution in [0.1, 0.15) is 46.0 Å². The summed E-state index contributed by atoms with van der Waals surface area (Å²) in [5, 5.41) is 0. The molecule has 0 radical (unpaired) electrons. The highest BCUT2D eigenvalue weighted by Gasteiger charge is 2.46. The van der Waals surface area contributed by atoms with E-state index in [9.17, 15) is 9.59 Å². The Morgan fingerprint density at radius 3 is 2.06 bits per heavy atom. The smallest absolute Gasteiger partial charge is 0.320 e. The molecule has 0 bridgehead atoms. The zero-order chi connectivity index (χ0) is 11.8. The van der Waals surface area contributed by atoms with Crippen molar-refractivity contribution in [3.05, 3.63) is 0 Å².